The molecule has 3 heterocycles. The predicted molar refractivity (Wildman–Crippen MR) is 91.0 cm³/mol. The Hall–Kier alpha value is -2.41. The number of nitrogens with one attached hydrogen (secondary N) is 1. The number of ether oxygens (including phenoxy) is 1. The highest BCUT2D eigenvalue weighted by atomic mass is 16.5. The third-order valence-electron chi connectivity index (χ3n) is 4.02. The number of carbonyl (C=O) groups is 1. The van der Waals surface area contributed by atoms with Crippen molar-refractivity contribution in [3.63, 3.8) is 0 Å². The van der Waals surface area contributed by atoms with E-state index in [0.717, 1.165) is 38.5 Å². The van der Waals surface area contributed by atoms with Crippen LogP contribution in [0.15, 0.2) is 36.8 Å². The van der Waals surface area contributed by atoms with E-state index < -0.39 is 0 Å². The van der Waals surface area contributed by atoms with E-state index in [1.165, 1.54) is 0 Å². The molecule has 24 heavy (non-hydrogen) atoms. The molecule has 0 radical (unpaired) electrons. The maximum atomic E-state index is 12.3. The fraction of sp³-hybridized carbons (Fsp3) is 0.471. The fourth-order valence-corrected chi connectivity index (χ4v) is 2.71. The smallest absolute Gasteiger partial charge is 0.269 e. The van der Waals surface area contributed by atoms with Gasteiger partial charge in [0.25, 0.3) is 5.91 Å². The molecule has 7 nitrogen and oxygen atoms in total. The summed E-state index contributed by atoms with van der Waals surface area (Å²) >= 11 is 0. The van der Waals surface area contributed by atoms with E-state index in [1.807, 2.05) is 29.1 Å². The van der Waals surface area contributed by atoms with E-state index in [4.69, 9.17) is 4.74 Å². The molecule has 1 aliphatic rings. The molecule has 1 fully saturated rings. The largest absolute Gasteiger partial charge is 0.378 e. The highest BCUT2D eigenvalue weighted by Crippen LogP contribution is 2.16. The highest BCUT2D eigenvalue weighted by molar-refractivity contribution is 5.93. The van der Waals surface area contributed by atoms with Crippen LogP contribution >= 0.6 is 0 Å². The van der Waals surface area contributed by atoms with Crippen LogP contribution < -0.4 is 10.2 Å². The zero-order valence-electron chi connectivity index (χ0n) is 13.9. The van der Waals surface area contributed by atoms with E-state index in [9.17, 15) is 4.79 Å². The molecule has 128 valence electrons. The Morgan fingerprint density at radius 2 is 2.21 bits per heavy atom. The molecule has 0 saturated carbocycles. The molecule has 2 aromatic heterocycles. The molecule has 1 amide bonds. The molecule has 0 aromatic carbocycles. The lowest BCUT2D eigenvalue weighted by Crippen LogP contribution is -2.36. The summed E-state index contributed by atoms with van der Waals surface area (Å²) in [4.78, 5) is 18.8. The second-order valence-corrected chi connectivity index (χ2v) is 6.04. The van der Waals surface area contributed by atoms with Gasteiger partial charge in [0.15, 0.2) is 0 Å². The van der Waals surface area contributed by atoms with Gasteiger partial charge >= 0.3 is 0 Å². The number of nitrogens with zero attached hydrogens (tertiary/aromatic N) is 4. The maximum absolute atomic E-state index is 12.3. The van der Waals surface area contributed by atoms with Crippen LogP contribution in [0.3, 0.4) is 0 Å². The highest BCUT2D eigenvalue weighted by Gasteiger charge is 2.15. The lowest BCUT2D eigenvalue weighted by molar-refractivity contribution is 0.0941. The number of rotatable bonds is 6. The molecular weight excluding hydrogens is 306 g/mol. The molecule has 0 aliphatic carbocycles. The van der Waals surface area contributed by atoms with E-state index in [2.05, 4.69) is 27.2 Å². The van der Waals surface area contributed by atoms with Crippen LogP contribution in [0.1, 0.15) is 17.4 Å². The van der Waals surface area contributed by atoms with Crippen molar-refractivity contribution in [2.75, 3.05) is 37.7 Å². The topological polar surface area (TPSA) is 72.3 Å². The molecule has 1 N–H and O–H groups in total. The van der Waals surface area contributed by atoms with Crippen LogP contribution in [0.2, 0.25) is 0 Å². The van der Waals surface area contributed by atoms with Gasteiger partial charge in [-0.3, -0.25) is 14.5 Å². The van der Waals surface area contributed by atoms with Gasteiger partial charge in [0, 0.05) is 50.5 Å². The summed E-state index contributed by atoms with van der Waals surface area (Å²) in [5, 5.41) is 7.14. The van der Waals surface area contributed by atoms with Crippen molar-refractivity contribution < 1.29 is 9.53 Å². The molecule has 1 saturated heterocycles. The third-order valence-corrected chi connectivity index (χ3v) is 4.02. The van der Waals surface area contributed by atoms with Crippen LogP contribution in [0, 0.1) is 5.92 Å². The fourth-order valence-electron chi connectivity index (χ4n) is 2.71. The van der Waals surface area contributed by atoms with Gasteiger partial charge in [0.1, 0.15) is 5.69 Å². The Balaban J connectivity index is 1.54. The molecular formula is C17H23N5O2. The summed E-state index contributed by atoms with van der Waals surface area (Å²) in [5.74, 6) is 0.147. The molecule has 1 aliphatic heterocycles. The third kappa shape index (κ3) is 4.32. The second-order valence-electron chi connectivity index (χ2n) is 6.04. The van der Waals surface area contributed by atoms with Crippen LogP contribution in [-0.2, 0) is 11.3 Å². The van der Waals surface area contributed by atoms with E-state index in [1.54, 1.807) is 12.4 Å². The van der Waals surface area contributed by atoms with Gasteiger partial charge in [0.05, 0.1) is 13.2 Å². The molecule has 2 aromatic rings. The lowest BCUT2D eigenvalue weighted by atomic mass is 10.2. The van der Waals surface area contributed by atoms with Crippen LogP contribution in [0.4, 0.5) is 5.69 Å². The quantitative estimate of drug-likeness (QED) is 0.862. The van der Waals surface area contributed by atoms with E-state index in [0.29, 0.717) is 12.2 Å². The van der Waals surface area contributed by atoms with Crippen molar-refractivity contribution >= 4 is 11.6 Å². The number of amides is 1. The molecule has 7 heteroatoms. The zero-order chi connectivity index (χ0) is 16.8. The molecule has 0 bridgehead atoms. The minimum absolute atomic E-state index is 0.141. The van der Waals surface area contributed by atoms with Crippen LogP contribution in [-0.4, -0.2) is 53.5 Å². The lowest BCUT2D eigenvalue weighted by Gasteiger charge is -2.28. The molecule has 0 spiro atoms. The van der Waals surface area contributed by atoms with Crippen LogP contribution in [0.25, 0.3) is 0 Å². The number of morpholine rings is 1. The van der Waals surface area contributed by atoms with Gasteiger partial charge in [-0.2, -0.15) is 5.10 Å². The Labute approximate surface area is 141 Å². The standard InChI is InChI=1S/C17H23N5O2/c1-14(13-22-6-2-4-20-22)12-19-17(23)16-11-15(3-5-18-16)21-7-9-24-10-8-21/h2-6,11,14H,7-10,12-13H2,1H3,(H,19,23). The van der Waals surface area contributed by atoms with Gasteiger partial charge in [-0.25, -0.2) is 0 Å². The first-order valence-electron chi connectivity index (χ1n) is 8.27. The average Bonchev–Trinajstić information content (AvgIpc) is 3.13. The van der Waals surface area contributed by atoms with Crippen molar-refractivity contribution in [2.45, 2.75) is 13.5 Å². The average molecular weight is 329 g/mol. The SMILES string of the molecule is CC(CNC(=O)c1cc(N2CCOCC2)ccn1)Cn1cccn1. The summed E-state index contributed by atoms with van der Waals surface area (Å²) in [6.45, 7) is 6.55. The zero-order valence-corrected chi connectivity index (χ0v) is 13.9. The van der Waals surface area contributed by atoms with Crippen molar-refractivity contribution in [3.05, 3.63) is 42.5 Å². The Kier molecular flexibility index (Phi) is 5.43. The van der Waals surface area contributed by atoms with Gasteiger partial charge in [-0.05, 0) is 24.1 Å². The first-order valence-corrected chi connectivity index (χ1v) is 8.27. The van der Waals surface area contributed by atoms with Gasteiger partial charge < -0.3 is 15.0 Å². The molecule has 1 unspecified atom stereocenters. The molecule has 1 atom stereocenters. The van der Waals surface area contributed by atoms with Crippen molar-refractivity contribution in [1.82, 2.24) is 20.1 Å². The maximum Gasteiger partial charge on any atom is 0.269 e. The number of anilines is 1. The number of aromatic nitrogens is 3. The first kappa shape index (κ1) is 16.4. The van der Waals surface area contributed by atoms with Crippen molar-refractivity contribution in [1.29, 1.82) is 0 Å². The molecule has 3 rings (SSSR count). The van der Waals surface area contributed by atoms with E-state index >= 15 is 0 Å². The van der Waals surface area contributed by atoms with Gasteiger partial charge in [-0.1, -0.05) is 6.92 Å². The Morgan fingerprint density at radius 3 is 2.96 bits per heavy atom. The minimum atomic E-state index is -0.141. The number of hydrogen-bond acceptors (Lipinski definition) is 5. The summed E-state index contributed by atoms with van der Waals surface area (Å²) in [5.41, 5.74) is 1.47. The summed E-state index contributed by atoms with van der Waals surface area (Å²) < 4.78 is 7.23. The number of carbonyl (C=O) groups excluding carboxylic acids is 1. The number of pyridine rings is 1. The summed E-state index contributed by atoms with van der Waals surface area (Å²) in [6, 6.07) is 5.67. The van der Waals surface area contributed by atoms with Gasteiger partial charge in [-0.15, -0.1) is 0 Å². The Bertz CT molecular complexity index is 653. The normalized spacial score (nSPS) is 16.0. The van der Waals surface area contributed by atoms with E-state index in [-0.39, 0.29) is 11.8 Å². The predicted octanol–water partition coefficient (Wildman–Crippen LogP) is 1.18. The second kappa shape index (κ2) is 7.92. The summed E-state index contributed by atoms with van der Waals surface area (Å²) in [6.07, 6.45) is 5.37. The van der Waals surface area contributed by atoms with Crippen molar-refractivity contribution in [2.24, 2.45) is 5.92 Å². The van der Waals surface area contributed by atoms with Gasteiger partial charge in [0.2, 0.25) is 0 Å². The minimum Gasteiger partial charge on any atom is -0.378 e. The number of hydrogen-bond donors (Lipinski definition) is 1. The first-order chi connectivity index (χ1) is 11.7. The Morgan fingerprint density at radius 1 is 1.38 bits per heavy atom. The van der Waals surface area contributed by atoms with Crippen molar-refractivity contribution in [3.8, 4) is 0 Å². The monoisotopic (exact) mass is 329 g/mol. The van der Waals surface area contributed by atoms with Crippen LogP contribution in [0.5, 0.6) is 0 Å². The summed E-state index contributed by atoms with van der Waals surface area (Å²) in [7, 11) is 0.